The van der Waals surface area contributed by atoms with Crippen LogP contribution in [0, 0.1) is 0 Å². The third-order valence-corrected chi connectivity index (χ3v) is 5.12. The number of anilines is 3. The molecule has 1 unspecified atom stereocenters. The maximum atomic E-state index is 12.2. The van der Waals surface area contributed by atoms with Crippen molar-refractivity contribution in [3.8, 4) is 0 Å². The molecule has 6 nitrogen and oxygen atoms in total. The van der Waals surface area contributed by atoms with Crippen molar-refractivity contribution in [2.75, 3.05) is 30.3 Å². The number of hydrogen-bond donors (Lipinski definition) is 5. The highest BCUT2D eigenvalue weighted by Crippen LogP contribution is 2.31. The van der Waals surface area contributed by atoms with Gasteiger partial charge in [-0.05, 0) is 55.1 Å². The first-order valence-corrected chi connectivity index (χ1v) is 9.07. The van der Waals surface area contributed by atoms with Crippen molar-refractivity contribution >= 4 is 23.1 Å². The van der Waals surface area contributed by atoms with Gasteiger partial charge in [-0.1, -0.05) is 24.3 Å². The molecule has 0 aliphatic carbocycles. The van der Waals surface area contributed by atoms with E-state index >= 15 is 0 Å². The molecule has 0 bridgehead atoms. The quantitative estimate of drug-likeness (QED) is 0.587. The number of urea groups is 1. The number of aryl methyl sites for hydroxylation is 2. The standard InChI is InChI=1S/C20H24N4O2/c25-19(22-13-20(26)9-10-21-12-20)23-16-8-7-15-6-5-14-3-1-2-4-17(14)24-18(15)11-16/h1-4,7-8,11,21,24,26H,5-6,9-10,12-13H2,(H2,22,23,25). The van der Waals surface area contributed by atoms with Gasteiger partial charge in [-0.15, -0.1) is 0 Å². The fourth-order valence-corrected chi connectivity index (χ4v) is 3.56. The first-order chi connectivity index (χ1) is 12.6. The second-order valence-corrected chi connectivity index (χ2v) is 7.11. The van der Waals surface area contributed by atoms with Crippen molar-refractivity contribution in [2.45, 2.75) is 24.9 Å². The van der Waals surface area contributed by atoms with Gasteiger partial charge in [0.1, 0.15) is 0 Å². The van der Waals surface area contributed by atoms with Crippen molar-refractivity contribution in [1.82, 2.24) is 10.6 Å². The van der Waals surface area contributed by atoms with Gasteiger partial charge in [-0.2, -0.15) is 0 Å². The molecular formula is C20H24N4O2. The number of benzene rings is 2. The SMILES string of the molecule is O=C(NCC1(O)CCNC1)Nc1ccc2c(c1)Nc1ccccc1CC2. The van der Waals surface area contributed by atoms with E-state index in [1.807, 2.05) is 18.2 Å². The number of β-amino-alcohol motifs (C(OH)–C–C–N with tert-alkyl or cyclic N) is 1. The molecule has 0 spiro atoms. The van der Waals surface area contributed by atoms with Gasteiger partial charge in [-0.3, -0.25) is 0 Å². The lowest BCUT2D eigenvalue weighted by Gasteiger charge is -2.21. The van der Waals surface area contributed by atoms with E-state index in [4.69, 9.17) is 0 Å². The lowest BCUT2D eigenvalue weighted by Crippen LogP contribution is -2.45. The monoisotopic (exact) mass is 352 g/mol. The summed E-state index contributed by atoms with van der Waals surface area (Å²) in [6.07, 6.45) is 2.61. The summed E-state index contributed by atoms with van der Waals surface area (Å²) in [6.45, 7) is 1.52. The average molecular weight is 352 g/mol. The first-order valence-electron chi connectivity index (χ1n) is 9.07. The molecule has 1 atom stereocenters. The van der Waals surface area contributed by atoms with E-state index in [-0.39, 0.29) is 12.6 Å². The number of amides is 2. The van der Waals surface area contributed by atoms with E-state index < -0.39 is 5.60 Å². The van der Waals surface area contributed by atoms with E-state index in [0.29, 0.717) is 13.0 Å². The van der Waals surface area contributed by atoms with Crippen molar-refractivity contribution < 1.29 is 9.90 Å². The molecule has 4 rings (SSSR count). The van der Waals surface area contributed by atoms with Crippen LogP contribution >= 0.6 is 0 Å². The average Bonchev–Trinajstić information content (AvgIpc) is 2.98. The minimum atomic E-state index is -0.851. The Labute approximate surface area is 153 Å². The van der Waals surface area contributed by atoms with E-state index in [1.165, 1.54) is 11.1 Å². The van der Waals surface area contributed by atoms with Crippen molar-refractivity contribution in [1.29, 1.82) is 0 Å². The topological polar surface area (TPSA) is 85.4 Å². The van der Waals surface area contributed by atoms with Crippen LogP contribution in [-0.2, 0) is 12.8 Å². The van der Waals surface area contributed by atoms with Crippen molar-refractivity contribution in [3.05, 3.63) is 53.6 Å². The first kappa shape index (κ1) is 16.9. The third-order valence-electron chi connectivity index (χ3n) is 5.12. The minimum Gasteiger partial charge on any atom is -0.387 e. The highest BCUT2D eigenvalue weighted by molar-refractivity contribution is 5.90. The van der Waals surface area contributed by atoms with Gasteiger partial charge >= 0.3 is 6.03 Å². The van der Waals surface area contributed by atoms with Gasteiger partial charge in [-0.25, -0.2) is 4.79 Å². The largest absolute Gasteiger partial charge is 0.387 e. The van der Waals surface area contributed by atoms with Crippen LogP contribution in [-0.4, -0.2) is 36.4 Å². The summed E-state index contributed by atoms with van der Waals surface area (Å²) in [5.41, 5.74) is 4.55. The Balaban J connectivity index is 1.42. The number of fused-ring (bicyclic) bond motifs is 2. The van der Waals surface area contributed by atoms with E-state index in [2.05, 4.69) is 45.5 Å². The fourth-order valence-electron chi connectivity index (χ4n) is 3.56. The molecule has 136 valence electrons. The summed E-state index contributed by atoms with van der Waals surface area (Å²) in [7, 11) is 0. The lowest BCUT2D eigenvalue weighted by atomic mass is 10.0. The Morgan fingerprint density at radius 3 is 2.73 bits per heavy atom. The zero-order valence-corrected chi connectivity index (χ0v) is 14.6. The predicted octanol–water partition coefficient (Wildman–Crippen LogP) is 2.37. The molecule has 2 aliphatic heterocycles. The Morgan fingerprint density at radius 2 is 1.92 bits per heavy atom. The van der Waals surface area contributed by atoms with Crippen molar-refractivity contribution in [2.24, 2.45) is 0 Å². The molecule has 2 amide bonds. The maximum Gasteiger partial charge on any atom is 0.319 e. The summed E-state index contributed by atoms with van der Waals surface area (Å²) in [6, 6.07) is 13.9. The number of para-hydroxylation sites is 1. The number of aliphatic hydroxyl groups is 1. The molecule has 2 heterocycles. The molecule has 1 saturated heterocycles. The van der Waals surface area contributed by atoms with Crippen LogP contribution in [0.3, 0.4) is 0 Å². The molecule has 0 aromatic heterocycles. The van der Waals surface area contributed by atoms with Gasteiger partial charge in [0, 0.05) is 30.2 Å². The molecule has 2 aromatic rings. The third kappa shape index (κ3) is 3.66. The molecule has 0 radical (unpaired) electrons. The van der Waals surface area contributed by atoms with Gasteiger partial charge in [0.25, 0.3) is 0 Å². The van der Waals surface area contributed by atoms with Gasteiger partial charge in [0.05, 0.1) is 5.60 Å². The Kier molecular flexibility index (Phi) is 4.53. The predicted molar refractivity (Wildman–Crippen MR) is 103 cm³/mol. The van der Waals surface area contributed by atoms with E-state index in [0.717, 1.165) is 36.4 Å². The summed E-state index contributed by atoms with van der Waals surface area (Å²) in [5.74, 6) is 0. The van der Waals surface area contributed by atoms with Crippen LogP contribution in [0.1, 0.15) is 17.5 Å². The minimum absolute atomic E-state index is 0.238. The number of rotatable bonds is 3. The molecular weight excluding hydrogens is 328 g/mol. The van der Waals surface area contributed by atoms with Crippen molar-refractivity contribution in [3.63, 3.8) is 0 Å². The molecule has 2 aromatic carbocycles. The number of hydrogen-bond acceptors (Lipinski definition) is 4. The van der Waals surface area contributed by atoms with Gasteiger partial charge < -0.3 is 26.4 Å². The van der Waals surface area contributed by atoms with E-state index in [1.54, 1.807) is 0 Å². The van der Waals surface area contributed by atoms with Crippen LogP contribution in [0.4, 0.5) is 21.9 Å². The molecule has 2 aliphatic rings. The number of carbonyl (C=O) groups is 1. The smallest absolute Gasteiger partial charge is 0.319 e. The van der Waals surface area contributed by atoms with Gasteiger partial charge in [0.2, 0.25) is 0 Å². The normalized spacial score (nSPS) is 21.1. The molecule has 6 heteroatoms. The van der Waals surface area contributed by atoms with Crippen LogP contribution < -0.4 is 21.3 Å². The zero-order chi connectivity index (χ0) is 18.0. The number of carbonyl (C=O) groups excluding carboxylic acids is 1. The summed E-state index contributed by atoms with van der Waals surface area (Å²) in [5, 5.41) is 22.5. The van der Waals surface area contributed by atoms with E-state index in [9.17, 15) is 9.90 Å². The molecule has 0 saturated carbocycles. The Hall–Kier alpha value is -2.57. The van der Waals surface area contributed by atoms with Crippen LogP contribution in [0.5, 0.6) is 0 Å². The Bertz CT molecular complexity index is 815. The van der Waals surface area contributed by atoms with Crippen LogP contribution in [0.15, 0.2) is 42.5 Å². The molecule has 5 N–H and O–H groups in total. The van der Waals surface area contributed by atoms with Crippen LogP contribution in [0.2, 0.25) is 0 Å². The summed E-state index contributed by atoms with van der Waals surface area (Å²) >= 11 is 0. The summed E-state index contributed by atoms with van der Waals surface area (Å²) < 4.78 is 0. The fraction of sp³-hybridized carbons (Fsp3) is 0.350. The second-order valence-electron chi connectivity index (χ2n) is 7.11. The van der Waals surface area contributed by atoms with Gasteiger partial charge in [0.15, 0.2) is 0 Å². The highest BCUT2D eigenvalue weighted by Gasteiger charge is 2.31. The summed E-state index contributed by atoms with van der Waals surface area (Å²) in [4.78, 5) is 12.2. The Morgan fingerprint density at radius 1 is 1.12 bits per heavy atom. The lowest BCUT2D eigenvalue weighted by molar-refractivity contribution is 0.0640. The highest BCUT2D eigenvalue weighted by atomic mass is 16.3. The van der Waals surface area contributed by atoms with Crippen LogP contribution in [0.25, 0.3) is 0 Å². The zero-order valence-electron chi connectivity index (χ0n) is 14.6. The molecule has 26 heavy (non-hydrogen) atoms. The maximum absolute atomic E-state index is 12.2. The molecule has 1 fully saturated rings. The number of nitrogens with one attached hydrogen (secondary N) is 4. The second kappa shape index (κ2) is 6.97.